The first kappa shape index (κ1) is 11.3. The highest BCUT2D eigenvalue weighted by molar-refractivity contribution is 6.30. The number of aliphatic carboxylic acids is 1. The van der Waals surface area contributed by atoms with Crippen LogP contribution < -0.4 is 0 Å². The third-order valence-corrected chi connectivity index (χ3v) is 2.79. The second-order valence-electron chi connectivity index (χ2n) is 3.59. The minimum absolute atomic E-state index is 0.433. The normalized spacial score (nSPS) is 24.4. The average molecular weight is 244 g/mol. The Morgan fingerprint density at radius 1 is 1.31 bits per heavy atom. The summed E-state index contributed by atoms with van der Waals surface area (Å²) in [7, 11) is 0. The Bertz CT molecular complexity index is 437. The summed E-state index contributed by atoms with van der Waals surface area (Å²) in [6.07, 6.45) is -2.25. The lowest BCUT2D eigenvalue weighted by Crippen LogP contribution is -2.31. The zero-order valence-electron chi connectivity index (χ0n) is 8.17. The summed E-state index contributed by atoms with van der Waals surface area (Å²) in [6.45, 7) is -0.436. The Morgan fingerprint density at radius 2 is 1.94 bits per heavy atom. The van der Waals surface area contributed by atoms with Gasteiger partial charge in [0.05, 0.1) is 0 Å². The van der Waals surface area contributed by atoms with E-state index >= 15 is 0 Å². The van der Waals surface area contributed by atoms with Crippen molar-refractivity contribution >= 4 is 17.6 Å². The molecule has 86 valence electrons. The molecule has 1 aliphatic heterocycles. The lowest BCUT2D eigenvalue weighted by Gasteiger charge is -2.21. The molecule has 0 fully saturated rings. The Hall–Kier alpha value is -1.14. The Balaban J connectivity index is 2.36. The van der Waals surface area contributed by atoms with Crippen LogP contribution in [-0.2, 0) is 4.79 Å². The molecule has 0 bridgehead atoms. The fourth-order valence-electron chi connectivity index (χ4n) is 1.82. The van der Waals surface area contributed by atoms with E-state index in [4.69, 9.17) is 16.7 Å². The van der Waals surface area contributed by atoms with E-state index in [0.717, 1.165) is 4.90 Å². The SMILES string of the molecule is O=C(O)CN1C(O)c2ccc(Cl)cc2C1O. The summed E-state index contributed by atoms with van der Waals surface area (Å²) < 4.78 is 0. The molecule has 2 rings (SSSR count). The third kappa shape index (κ3) is 1.78. The number of carbonyl (C=O) groups is 1. The van der Waals surface area contributed by atoms with Crippen LogP contribution in [0.15, 0.2) is 18.2 Å². The van der Waals surface area contributed by atoms with Crippen LogP contribution in [0, 0.1) is 0 Å². The van der Waals surface area contributed by atoms with Crippen LogP contribution in [0.3, 0.4) is 0 Å². The first-order valence-electron chi connectivity index (χ1n) is 4.63. The van der Waals surface area contributed by atoms with Crippen molar-refractivity contribution < 1.29 is 20.1 Å². The van der Waals surface area contributed by atoms with Gasteiger partial charge in [-0.3, -0.25) is 4.79 Å². The van der Waals surface area contributed by atoms with E-state index in [9.17, 15) is 15.0 Å². The molecule has 2 unspecified atom stereocenters. The minimum Gasteiger partial charge on any atom is -0.480 e. The van der Waals surface area contributed by atoms with Gasteiger partial charge in [-0.2, -0.15) is 0 Å². The number of hydrogen-bond acceptors (Lipinski definition) is 4. The fourth-order valence-corrected chi connectivity index (χ4v) is 2.01. The van der Waals surface area contributed by atoms with Crippen LogP contribution in [0.2, 0.25) is 5.02 Å². The molecule has 0 saturated heterocycles. The van der Waals surface area contributed by atoms with Gasteiger partial charge in [0, 0.05) is 16.1 Å². The lowest BCUT2D eigenvalue weighted by atomic mass is 10.1. The van der Waals surface area contributed by atoms with Crippen LogP contribution in [0.4, 0.5) is 0 Å². The molecule has 0 radical (unpaired) electrons. The van der Waals surface area contributed by atoms with Gasteiger partial charge in [-0.05, 0) is 12.1 Å². The monoisotopic (exact) mass is 243 g/mol. The molecular weight excluding hydrogens is 234 g/mol. The number of nitrogens with zero attached hydrogens (tertiary/aromatic N) is 1. The summed E-state index contributed by atoms with van der Waals surface area (Å²) >= 11 is 5.76. The van der Waals surface area contributed by atoms with Crippen molar-refractivity contribution in [2.45, 2.75) is 12.5 Å². The maximum atomic E-state index is 10.6. The van der Waals surface area contributed by atoms with Crippen LogP contribution in [0.1, 0.15) is 23.6 Å². The highest BCUT2D eigenvalue weighted by atomic mass is 35.5. The Kier molecular flexibility index (Phi) is 2.86. The largest absolute Gasteiger partial charge is 0.480 e. The quantitative estimate of drug-likeness (QED) is 0.713. The Morgan fingerprint density at radius 3 is 2.56 bits per heavy atom. The average Bonchev–Trinajstić information content (AvgIpc) is 2.43. The third-order valence-electron chi connectivity index (χ3n) is 2.55. The van der Waals surface area contributed by atoms with Gasteiger partial charge in [0.1, 0.15) is 19.0 Å². The molecule has 1 aliphatic rings. The Labute approximate surface area is 96.5 Å². The topological polar surface area (TPSA) is 81.0 Å². The molecule has 0 saturated carbocycles. The molecule has 6 heteroatoms. The van der Waals surface area contributed by atoms with Gasteiger partial charge in [-0.15, -0.1) is 0 Å². The van der Waals surface area contributed by atoms with E-state index in [1.165, 1.54) is 6.07 Å². The molecular formula is C10H10ClNO4. The van der Waals surface area contributed by atoms with Crippen molar-refractivity contribution in [2.24, 2.45) is 0 Å². The first-order chi connectivity index (χ1) is 7.50. The van der Waals surface area contributed by atoms with E-state index in [1.54, 1.807) is 12.1 Å². The summed E-state index contributed by atoms with van der Waals surface area (Å²) in [6, 6.07) is 4.68. The van der Waals surface area contributed by atoms with E-state index in [2.05, 4.69) is 0 Å². The standard InChI is InChI=1S/C10H10ClNO4/c11-5-1-2-6-7(3-5)10(16)12(9(6)15)4-8(13)14/h1-3,9-10,15-16H,4H2,(H,13,14). The van der Waals surface area contributed by atoms with Crippen molar-refractivity contribution in [2.75, 3.05) is 6.54 Å². The molecule has 1 aromatic carbocycles. The fraction of sp³-hybridized carbons (Fsp3) is 0.300. The highest BCUT2D eigenvalue weighted by Crippen LogP contribution is 2.39. The number of halogens is 1. The number of hydrogen-bond donors (Lipinski definition) is 3. The lowest BCUT2D eigenvalue weighted by molar-refractivity contribution is -0.148. The number of rotatable bonds is 2. The summed E-state index contributed by atoms with van der Waals surface area (Å²) in [5.41, 5.74) is 0.930. The number of aliphatic hydroxyl groups is 2. The van der Waals surface area contributed by atoms with Gasteiger partial charge >= 0.3 is 5.97 Å². The van der Waals surface area contributed by atoms with Gasteiger partial charge in [-0.25, -0.2) is 4.90 Å². The van der Waals surface area contributed by atoms with Crippen LogP contribution in [-0.4, -0.2) is 32.7 Å². The van der Waals surface area contributed by atoms with Crippen LogP contribution >= 0.6 is 11.6 Å². The van der Waals surface area contributed by atoms with Gasteiger partial charge < -0.3 is 15.3 Å². The smallest absolute Gasteiger partial charge is 0.317 e. The number of carboxylic acids is 1. The van der Waals surface area contributed by atoms with Crippen LogP contribution in [0.5, 0.6) is 0 Å². The molecule has 16 heavy (non-hydrogen) atoms. The second kappa shape index (κ2) is 4.03. The zero-order valence-corrected chi connectivity index (χ0v) is 8.92. The van der Waals surface area contributed by atoms with Crippen molar-refractivity contribution in [3.63, 3.8) is 0 Å². The van der Waals surface area contributed by atoms with Gasteiger partial charge in [-0.1, -0.05) is 17.7 Å². The van der Waals surface area contributed by atoms with E-state index in [1.807, 2.05) is 0 Å². The first-order valence-corrected chi connectivity index (χ1v) is 5.01. The summed E-state index contributed by atoms with van der Waals surface area (Å²) in [5, 5.41) is 28.7. The molecule has 2 atom stereocenters. The molecule has 3 N–H and O–H groups in total. The molecule has 1 heterocycles. The predicted octanol–water partition coefficient (Wildman–Crippen LogP) is 0.722. The van der Waals surface area contributed by atoms with Crippen molar-refractivity contribution in [1.29, 1.82) is 0 Å². The minimum atomic E-state index is -1.14. The predicted molar refractivity (Wildman–Crippen MR) is 55.7 cm³/mol. The summed E-state index contributed by atoms with van der Waals surface area (Å²) in [5.74, 6) is -1.11. The molecule has 0 spiro atoms. The molecule has 5 nitrogen and oxygen atoms in total. The maximum absolute atomic E-state index is 10.6. The van der Waals surface area contributed by atoms with E-state index in [-0.39, 0.29) is 0 Å². The zero-order chi connectivity index (χ0) is 11.9. The molecule has 0 aromatic heterocycles. The summed E-state index contributed by atoms with van der Waals surface area (Å²) in [4.78, 5) is 11.6. The molecule has 0 amide bonds. The van der Waals surface area contributed by atoms with Crippen molar-refractivity contribution in [3.05, 3.63) is 34.3 Å². The van der Waals surface area contributed by atoms with Crippen molar-refractivity contribution in [1.82, 2.24) is 4.90 Å². The van der Waals surface area contributed by atoms with Gasteiger partial charge in [0.2, 0.25) is 0 Å². The number of carboxylic acid groups (broad SMARTS) is 1. The van der Waals surface area contributed by atoms with Gasteiger partial charge in [0.15, 0.2) is 0 Å². The molecule has 1 aromatic rings. The van der Waals surface area contributed by atoms with Crippen LogP contribution in [0.25, 0.3) is 0 Å². The number of aliphatic hydroxyl groups excluding tert-OH is 2. The number of benzene rings is 1. The van der Waals surface area contributed by atoms with Crippen molar-refractivity contribution in [3.8, 4) is 0 Å². The number of fused-ring (bicyclic) bond motifs is 1. The van der Waals surface area contributed by atoms with E-state index < -0.39 is 25.0 Å². The molecule has 0 aliphatic carbocycles. The maximum Gasteiger partial charge on any atom is 0.317 e. The van der Waals surface area contributed by atoms with Gasteiger partial charge in [0.25, 0.3) is 0 Å². The highest BCUT2D eigenvalue weighted by Gasteiger charge is 2.37. The van der Waals surface area contributed by atoms with E-state index in [0.29, 0.717) is 16.1 Å². The second-order valence-corrected chi connectivity index (χ2v) is 4.02.